The van der Waals surface area contributed by atoms with Crippen molar-refractivity contribution in [3.05, 3.63) is 93.2 Å². The van der Waals surface area contributed by atoms with Gasteiger partial charge in [0.05, 0.1) is 12.5 Å². The fraction of sp³-hybridized carbons (Fsp3) is 0.190. The van der Waals surface area contributed by atoms with Gasteiger partial charge in [-0.25, -0.2) is 0 Å². The van der Waals surface area contributed by atoms with E-state index in [0.29, 0.717) is 6.42 Å². The van der Waals surface area contributed by atoms with Crippen LogP contribution in [0, 0.1) is 13.8 Å². The second-order valence-corrected chi connectivity index (χ2v) is 7.06. The highest BCUT2D eigenvalue weighted by Crippen LogP contribution is 2.26. The summed E-state index contributed by atoms with van der Waals surface area (Å²) in [7, 11) is 0. The summed E-state index contributed by atoms with van der Waals surface area (Å²) in [5, 5.41) is 5.22. The summed E-state index contributed by atoms with van der Waals surface area (Å²) in [6.07, 6.45) is 0.423. The zero-order valence-electron chi connectivity index (χ0n) is 14.0. The van der Waals surface area contributed by atoms with Crippen LogP contribution in [0.4, 0.5) is 0 Å². The van der Waals surface area contributed by atoms with Gasteiger partial charge in [0.1, 0.15) is 0 Å². The molecule has 3 rings (SSSR count). The maximum absolute atomic E-state index is 12.5. The normalized spacial score (nSPS) is 11.9. The van der Waals surface area contributed by atoms with Gasteiger partial charge in [0.25, 0.3) is 0 Å². The van der Waals surface area contributed by atoms with Crippen LogP contribution in [0.5, 0.6) is 0 Å². The minimum Gasteiger partial charge on any atom is -0.345 e. The first-order valence-corrected chi connectivity index (χ1v) is 8.95. The Morgan fingerprint density at radius 3 is 2.50 bits per heavy atom. The van der Waals surface area contributed by atoms with Crippen LogP contribution >= 0.6 is 11.3 Å². The molecule has 0 bridgehead atoms. The average Bonchev–Trinajstić information content (AvgIpc) is 3.07. The summed E-state index contributed by atoms with van der Waals surface area (Å²) in [5.74, 6) is 0.0475. The first-order chi connectivity index (χ1) is 11.6. The Hall–Kier alpha value is -2.39. The molecule has 3 aromatic rings. The second kappa shape index (κ2) is 7.45. The van der Waals surface area contributed by atoms with Gasteiger partial charge in [0, 0.05) is 4.88 Å². The van der Waals surface area contributed by atoms with Gasteiger partial charge in [0.15, 0.2) is 0 Å². The highest BCUT2D eigenvalue weighted by molar-refractivity contribution is 7.10. The predicted molar refractivity (Wildman–Crippen MR) is 100 cm³/mol. The average molecular weight is 335 g/mol. The summed E-state index contributed by atoms with van der Waals surface area (Å²) in [6, 6.07) is 20.4. The van der Waals surface area contributed by atoms with E-state index < -0.39 is 0 Å². The number of rotatable bonds is 5. The molecular formula is C21H21NOS. The Bertz CT molecular complexity index is 809. The molecule has 2 aromatic carbocycles. The van der Waals surface area contributed by atoms with Gasteiger partial charge in [-0.1, -0.05) is 60.2 Å². The standard InChI is InChI=1S/C21H21NOS/c1-15-10-11-19(16(2)13-15)21(17-7-4-3-5-8-17)22-20(23)14-18-9-6-12-24-18/h3-13,21H,14H2,1-2H3,(H,22,23). The molecule has 1 atom stereocenters. The third-order valence-corrected chi connectivity index (χ3v) is 4.97. The van der Waals surface area contributed by atoms with Crippen LogP contribution in [-0.2, 0) is 11.2 Å². The molecule has 1 unspecified atom stereocenters. The molecule has 1 amide bonds. The van der Waals surface area contributed by atoms with Crippen LogP contribution in [0.15, 0.2) is 66.0 Å². The van der Waals surface area contributed by atoms with Crippen LogP contribution < -0.4 is 5.32 Å². The van der Waals surface area contributed by atoms with Gasteiger partial charge in [0.2, 0.25) is 5.91 Å². The highest BCUT2D eigenvalue weighted by atomic mass is 32.1. The topological polar surface area (TPSA) is 29.1 Å². The molecule has 0 saturated carbocycles. The first kappa shape index (κ1) is 16.5. The Balaban J connectivity index is 1.89. The molecule has 3 heteroatoms. The van der Waals surface area contributed by atoms with E-state index in [1.165, 1.54) is 11.1 Å². The van der Waals surface area contributed by atoms with E-state index in [4.69, 9.17) is 0 Å². The van der Waals surface area contributed by atoms with Gasteiger partial charge >= 0.3 is 0 Å². The van der Waals surface area contributed by atoms with Crippen molar-refractivity contribution in [2.45, 2.75) is 26.3 Å². The van der Waals surface area contributed by atoms with Crippen molar-refractivity contribution < 1.29 is 4.79 Å². The van der Waals surface area contributed by atoms with Crippen molar-refractivity contribution in [2.24, 2.45) is 0 Å². The minimum absolute atomic E-state index is 0.0475. The van der Waals surface area contributed by atoms with E-state index >= 15 is 0 Å². The summed E-state index contributed by atoms with van der Waals surface area (Å²) in [6.45, 7) is 4.19. The van der Waals surface area contributed by atoms with Crippen LogP contribution in [0.1, 0.15) is 33.2 Å². The summed E-state index contributed by atoms with van der Waals surface area (Å²) >= 11 is 1.61. The zero-order chi connectivity index (χ0) is 16.9. The predicted octanol–water partition coefficient (Wildman–Crippen LogP) is 4.81. The molecule has 1 heterocycles. The molecule has 0 aliphatic heterocycles. The Morgan fingerprint density at radius 2 is 1.83 bits per heavy atom. The van der Waals surface area contributed by atoms with Gasteiger partial charge in [-0.2, -0.15) is 0 Å². The second-order valence-electron chi connectivity index (χ2n) is 6.03. The molecule has 24 heavy (non-hydrogen) atoms. The number of amides is 1. The number of hydrogen-bond acceptors (Lipinski definition) is 2. The highest BCUT2D eigenvalue weighted by Gasteiger charge is 2.19. The molecule has 1 aromatic heterocycles. The van der Waals surface area contributed by atoms with Gasteiger partial charge < -0.3 is 5.32 Å². The lowest BCUT2D eigenvalue weighted by molar-refractivity contribution is -0.120. The number of hydrogen-bond donors (Lipinski definition) is 1. The summed E-state index contributed by atoms with van der Waals surface area (Å²) in [4.78, 5) is 13.6. The maximum atomic E-state index is 12.5. The van der Waals surface area contributed by atoms with Crippen molar-refractivity contribution in [3.63, 3.8) is 0 Å². The van der Waals surface area contributed by atoms with Crippen molar-refractivity contribution in [3.8, 4) is 0 Å². The molecule has 0 aliphatic rings. The minimum atomic E-state index is -0.126. The Labute approximate surface area is 147 Å². The molecule has 122 valence electrons. The van der Waals surface area contributed by atoms with Crippen LogP contribution in [0.25, 0.3) is 0 Å². The fourth-order valence-corrected chi connectivity index (χ4v) is 3.62. The van der Waals surface area contributed by atoms with E-state index in [2.05, 4.69) is 49.5 Å². The number of benzene rings is 2. The van der Waals surface area contributed by atoms with E-state index in [-0.39, 0.29) is 11.9 Å². The lowest BCUT2D eigenvalue weighted by atomic mass is 9.93. The Morgan fingerprint density at radius 1 is 1.04 bits per heavy atom. The van der Waals surface area contributed by atoms with Gasteiger partial charge in [-0.15, -0.1) is 11.3 Å². The molecule has 1 N–H and O–H groups in total. The number of nitrogens with one attached hydrogen (secondary N) is 1. The van der Waals surface area contributed by atoms with Crippen molar-refractivity contribution in [1.29, 1.82) is 0 Å². The molecule has 0 fully saturated rings. The van der Waals surface area contributed by atoms with E-state index in [0.717, 1.165) is 16.0 Å². The third kappa shape index (κ3) is 3.92. The first-order valence-electron chi connectivity index (χ1n) is 8.07. The third-order valence-electron chi connectivity index (χ3n) is 4.09. The monoisotopic (exact) mass is 335 g/mol. The quantitative estimate of drug-likeness (QED) is 0.712. The molecule has 0 radical (unpaired) electrons. The molecule has 0 spiro atoms. The van der Waals surface area contributed by atoms with Gasteiger partial charge in [-0.3, -0.25) is 4.79 Å². The lowest BCUT2D eigenvalue weighted by Crippen LogP contribution is -2.30. The smallest absolute Gasteiger partial charge is 0.226 e. The van der Waals surface area contributed by atoms with Crippen LogP contribution in [0.3, 0.4) is 0 Å². The summed E-state index contributed by atoms with van der Waals surface area (Å²) in [5.41, 5.74) is 4.67. The zero-order valence-corrected chi connectivity index (χ0v) is 14.8. The largest absolute Gasteiger partial charge is 0.345 e. The number of carbonyl (C=O) groups excluding carboxylic acids is 1. The number of thiophene rings is 1. The van der Waals surface area contributed by atoms with Crippen LogP contribution in [-0.4, -0.2) is 5.91 Å². The number of aryl methyl sites for hydroxylation is 2. The fourth-order valence-electron chi connectivity index (χ4n) is 2.92. The summed E-state index contributed by atoms with van der Waals surface area (Å²) < 4.78 is 0. The van der Waals surface area contributed by atoms with Crippen molar-refractivity contribution in [1.82, 2.24) is 5.32 Å². The maximum Gasteiger partial charge on any atom is 0.226 e. The SMILES string of the molecule is Cc1ccc(C(NC(=O)Cc2cccs2)c2ccccc2)c(C)c1. The molecule has 0 aliphatic carbocycles. The number of carbonyl (C=O) groups is 1. The lowest BCUT2D eigenvalue weighted by Gasteiger charge is -2.22. The Kier molecular flexibility index (Phi) is 5.11. The van der Waals surface area contributed by atoms with Crippen molar-refractivity contribution >= 4 is 17.2 Å². The van der Waals surface area contributed by atoms with E-state index in [1.54, 1.807) is 11.3 Å². The molecule has 2 nitrogen and oxygen atoms in total. The van der Waals surface area contributed by atoms with Crippen LogP contribution in [0.2, 0.25) is 0 Å². The van der Waals surface area contributed by atoms with E-state index in [9.17, 15) is 4.79 Å². The van der Waals surface area contributed by atoms with Gasteiger partial charge in [-0.05, 0) is 42.0 Å². The molecule has 0 saturated heterocycles. The molecular weight excluding hydrogens is 314 g/mol. The van der Waals surface area contributed by atoms with E-state index in [1.807, 2.05) is 35.7 Å². The van der Waals surface area contributed by atoms with Crippen molar-refractivity contribution in [2.75, 3.05) is 0 Å².